The van der Waals surface area contributed by atoms with Gasteiger partial charge in [-0.25, -0.2) is 8.78 Å². The average molecular weight is 314 g/mol. The Morgan fingerprint density at radius 2 is 1.83 bits per heavy atom. The van der Waals surface area contributed by atoms with Gasteiger partial charge in [-0.05, 0) is 47.9 Å². The van der Waals surface area contributed by atoms with E-state index >= 15 is 0 Å². The number of halogens is 2. The Balaban J connectivity index is 1.87. The second-order valence-electron chi connectivity index (χ2n) is 5.80. The molecule has 3 rings (SSSR count). The van der Waals surface area contributed by atoms with Gasteiger partial charge in [-0.1, -0.05) is 12.1 Å². The molecule has 0 unspecified atom stereocenters. The van der Waals surface area contributed by atoms with Gasteiger partial charge in [0.15, 0.2) is 0 Å². The highest BCUT2D eigenvalue weighted by atomic mass is 19.1. The summed E-state index contributed by atoms with van der Waals surface area (Å²) in [5.41, 5.74) is 1.91. The maximum absolute atomic E-state index is 13.5. The van der Waals surface area contributed by atoms with E-state index in [1.165, 1.54) is 30.3 Å². The van der Waals surface area contributed by atoms with Crippen LogP contribution < -0.4 is 0 Å². The SMILES string of the molecule is N#Cc1ccc(F)cc1CN1C[C@@H](O)C[C@H]1c1ccc(F)cc1. The molecule has 1 saturated heterocycles. The zero-order valence-electron chi connectivity index (χ0n) is 12.4. The van der Waals surface area contributed by atoms with Crippen LogP contribution in [-0.4, -0.2) is 22.7 Å². The summed E-state index contributed by atoms with van der Waals surface area (Å²) < 4.78 is 26.6. The van der Waals surface area contributed by atoms with Crippen molar-refractivity contribution in [1.29, 1.82) is 5.26 Å². The van der Waals surface area contributed by atoms with E-state index in [0.29, 0.717) is 30.6 Å². The zero-order valence-corrected chi connectivity index (χ0v) is 12.4. The molecule has 1 aliphatic rings. The first kappa shape index (κ1) is 15.6. The molecule has 3 nitrogen and oxygen atoms in total. The molecule has 2 aromatic carbocycles. The van der Waals surface area contributed by atoms with Crippen LogP contribution in [0.4, 0.5) is 8.78 Å². The Bertz CT molecular complexity index is 740. The molecule has 118 valence electrons. The van der Waals surface area contributed by atoms with E-state index in [9.17, 15) is 13.9 Å². The first-order valence-electron chi connectivity index (χ1n) is 7.43. The Morgan fingerprint density at radius 1 is 1.13 bits per heavy atom. The fourth-order valence-electron chi connectivity index (χ4n) is 3.11. The average Bonchev–Trinajstić information content (AvgIpc) is 2.89. The Morgan fingerprint density at radius 3 is 2.52 bits per heavy atom. The third-order valence-electron chi connectivity index (χ3n) is 4.20. The van der Waals surface area contributed by atoms with Crippen molar-refractivity contribution in [3.05, 3.63) is 70.8 Å². The molecular weight excluding hydrogens is 298 g/mol. The molecule has 2 aromatic rings. The Hall–Kier alpha value is -2.29. The van der Waals surface area contributed by atoms with Crippen molar-refractivity contribution in [2.24, 2.45) is 0 Å². The summed E-state index contributed by atoms with van der Waals surface area (Å²) in [6.07, 6.45) is 0.0344. The van der Waals surface area contributed by atoms with Gasteiger partial charge in [0, 0.05) is 19.1 Å². The second-order valence-corrected chi connectivity index (χ2v) is 5.80. The molecule has 5 heteroatoms. The predicted molar refractivity (Wildman–Crippen MR) is 81.3 cm³/mol. The minimum Gasteiger partial charge on any atom is -0.392 e. The number of benzene rings is 2. The highest BCUT2D eigenvalue weighted by molar-refractivity contribution is 5.38. The fourth-order valence-corrected chi connectivity index (χ4v) is 3.11. The quantitative estimate of drug-likeness (QED) is 0.947. The summed E-state index contributed by atoms with van der Waals surface area (Å²) in [5, 5.41) is 19.2. The van der Waals surface area contributed by atoms with Gasteiger partial charge < -0.3 is 5.11 Å². The van der Waals surface area contributed by atoms with E-state index in [-0.39, 0.29) is 11.9 Å². The summed E-state index contributed by atoms with van der Waals surface area (Å²) >= 11 is 0. The van der Waals surface area contributed by atoms with Crippen molar-refractivity contribution in [3.63, 3.8) is 0 Å². The van der Waals surface area contributed by atoms with Gasteiger partial charge in [0.05, 0.1) is 17.7 Å². The summed E-state index contributed by atoms with van der Waals surface area (Å²) in [6, 6.07) is 12.2. The van der Waals surface area contributed by atoms with Crippen LogP contribution in [0.5, 0.6) is 0 Å². The molecule has 0 bridgehead atoms. The minimum absolute atomic E-state index is 0.0830. The van der Waals surface area contributed by atoms with Crippen molar-refractivity contribution in [2.75, 3.05) is 6.54 Å². The van der Waals surface area contributed by atoms with Gasteiger partial charge in [0.2, 0.25) is 0 Å². The van der Waals surface area contributed by atoms with Crippen molar-refractivity contribution in [1.82, 2.24) is 4.90 Å². The lowest BCUT2D eigenvalue weighted by atomic mass is 10.0. The maximum Gasteiger partial charge on any atom is 0.123 e. The van der Waals surface area contributed by atoms with Crippen LogP contribution in [0.25, 0.3) is 0 Å². The van der Waals surface area contributed by atoms with Crippen LogP contribution in [0.15, 0.2) is 42.5 Å². The van der Waals surface area contributed by atoms with Crippen LogP contribution in [0.2, 0.25) is 0 Å². The van der Waals surface area contributed by atoms with Crippen molar-refractivity contribution in [3.8, 4) is 6.07 Å². The molecule has 1 heterocycles. The van der Waals surface area contributed by atoms with E-state index < -0.39 is 11.9 Å². The predicted octanol–water partition coefficient (Wildman–Crippen LogP) is 3.14. The lowest BCUT2D eigenvalue weighted by Crippen LogP contribution is -2.24. The fraction of sp³-hybridized carbons (Fsp3) is 0.278. The Labute approximate surface area is 133 Å². The number of aliphatic hydroxyl groups excluding tert-OH is 1. The Kier molecular flexibility index (Phi) is 4.37. The van der Waals surface area contributed by atoms with E-state index in [1.54, 1.807) is 12.1 Å². The van der Waals surface area contributed by atoms with Gasteiger partial charge in [-0.3, -0.25) is 4.90 Å². The summed E-state index contributed by atoms with van der Waals surface area (Å²) in [5.74, 6) is -0.701. The normalized spacial score (nSPS) is 21.3. The van der Waals surface area contributed by atoms with Gasteiger partial charge >= 0.3 is 0 Å². The summed E-state index contributed by atoms with van der Waals surface area (Å²) in [6.45, 7) is 0.795. The third-order valence-corrected chi connectivity index (χ3v) is 4.20. The lowest BCUT2D eigenvalue weighted by molar-refractivity contribution is 0.172. The van der Waals surface area contributed by atoms with Crippen molar-refractivity contribution < 1.29 is 13.9 Å². The smallest absolute Gasteiger partial charge is 0.123 e. The van der Waals surface area contributed by atoms with E-state index in [0.717, 1.165) is 5.56 Å². The van der Waals surface area contributed by atoms with Crippen molar-refractivity contribution >= 4 is 0 Å². The minimum atomic E-state index is -0.496. The van der Waals surface area contributed by atoms with Crippen LogP contribution in [0.1, 0.15) is 29.2 Å². The van der Waals surface area contributed by atoms with Crippen LogP contribution in [-0.2, 0) is 6.54 Å². The van der Waals surface area contributed by atoms with Gasteiger partial charge in [-0.15, -0.1) is 0 Å². The number of likely N-dealkylation sites (tertiary alicyclic amines) is 1. The highest BCUT2D eigenvalue weighted by Gasteiger charge is 2.32. The standard InChI is InChI=1S/C18H16F2N2O/c19-15-4-1-12(2-5-15)18-8-17(23)11-22(18)10-14-7-16(20)6-3-13(14)9-21/h1-7,17-18,23H,8,10-11H2/t17-,18-/m0/s1. The number of rotatable bonds is 3. The molecule has 0 aliphatic carbocycles. The van der Waals surface area contributed by atoms with Gasteiger partial charge in [0.25, 0.3) is 0 Å². The van der Waals surface area contributed by atoms with E-state index in [4.69, 9.17) is 5.26 Å². The van der Waals surface area contributed by atoms with E-state index in [2.05, 4.69) is 6.07 Å². The number of nitrogens with zero attached hydrogens (tertiary/aromatic N) is 2. The summed E-state index contributed by atoms with van der Waals surface area (Å²) in [7, 11) is 0. The number of hydrogen-bond acceptors (Lipinski definition) is 3. The van der Waals surface area contributed by atoms with Gasteiger partial charge in [-0.2, -0.15) is 5.26 Å². The number of β-amino-alcohol motifs (C(OH)–C–C–N with tert-alkyl or cyclic N) is 1. The van der Waals surface area contributed by atoms with Gasteiger partial charge in [0.1, 0.15) is 11.6 Å². The molecule has 2 atom stereocenters. The molecule has 23 heavy (non-hydrogen) atoms. The highest BCUT2D eigenvalue weighted by Crippen LogP contribution is 2.34. The molecule has 0 saturated carbocycles. The second kappa shape index (κ2) is 6.45. The molecular formula is C18H16F2N2O. The summed E-state index contributed by atoms with van der Waals surface area (Å²) in [4.78, 5) is 1.99. The molecule has 0 radical (unpaired) electrons. The molecule has 1 fully saturated rings. The number of aliphatic hydroxyl groups is 1. The molecule has 1 N–H and O–H groups in total. The molecule has 0 spiro atoms. The zero-order chi connectivity index (χ0) is 16.4. The van der Waals surface area contributed by atoms with Crippen LogP contribution in [0.3, 0.4) is 0 Å². The lowest BCUT2D eigenvalue weighted by Gasteiger charge is -2.25. The number of nitriles is 1. The number of hydrogen-bond donors (Lipinski definition) is 1. The maximum atomic E-state index is 13.5. The topological polar surface area (TPSA) is 47.3 Å². The largest absolute Gasteiger partial charge is 0.392 e. The van der Waals surface area contributed by atoms with E-state index in [1.807, 2.05) is 4.90 Å². The monoisotopic (exact) mass is 314 g/mol. The van der Waals surface area contributed by atoms with Crippen LogP contribution in [0, 0.1) is 23.0 Å². The first-order chi connectivity index (χ1) is 11.1. The molecule has 0 aromatic heterocycles. The molecule has 1 aliphatic heterocycles. The van der Waals surface area contributed by atoms with Crippen LogP contribution >= 0.6 is 0 Å². The van der Waals surface area contributed by atoms with Crippen molar-refractivity contribution in [2.45, 2.75) is 25.1 Å². The third kappa shape index (κ3) is 3.39. The first-order valence-corrected chi connectivity index (χ1v) is 7.43. The molecule has 0 amide bonds.